The molecule has 126 valence electrons. The first-order chi connectivity index (χ1) is 11.4. The lowest BCUT2D eigenvalue weighted by molar-refractivity contribution is -0.137. The highest BCUT2D eigenvalue weighted by atomic mass is 19.4. The molecule has 0 fully saturated rings. The van der Waals surface area contributed by atoms with E-state index < -0.39 is 17.8 Å². The van der Waals surface area contributed by atoms with Crippen LogP contribution in [0.4, 0.5) is 29.3 Å². The van der Waals surface area contributed by atoms with Crippen LogP contribution in [0, 0.1) is 0 Å². The summed E-state index contributed by atoms with van der Waals surface area (Å²) in [5.41, 5.74) is 4.40. The third kappa shape index (κ3) is 3.62. The summed E-state index contributed by atoms with van der Waals surface area (Å²) in [6.07, 6.45) is -4.45. The van der Waals surface area contributed by atoms with Crippen LogP contribution >= 0.6 is 0 Å². The molecule has 1 aliphatic heterocycles. The third-order valence-corrected chi connectivity index (χ3v) is 3.14. The number of hydrogen-bond donors (Lipinski definition) is 3. The van der Waals surface area contributed by atoms with Crippen molar-refractivity contribution in [3.63, 3.8) is 0 Å². The van der Waals surface area contributed by atoms with Crippen LogP contribution in [-0.2, 0) is 6.18 Å². The van der Waals surface area contributed by atoms with Crippen molar-refractivity contribution in [3.05, 3.63) is 48.0 Å². The van der Waals surface area contributed by atoms with Crippen LogP contribution in [0.2, 0.25) is 0 Å². The summed E-state index contributed by atoms with van der Waals surface area (Å²) >= 11 is 0. The Kier molecular flexibility index (Phi) is 4.07. The van der Waals surface area contributed by atoms with Gasteiger partial charge in [-0.1, -0.05) is 6.07 Å². The quantitative estimate of drug-likeness (QED) is 0.748. The lowest BCUT2D eigenvalue weighted by atomic mass is 10.2. The van der Waals surface area contributed by atoms with Crippen molar-refractivity contribution >= 4 is 17.4 Å². The van der Waals surface area contributed by atoms with Crippen LogP contribution in [0.25, 0.3) is 0 Å². The minimum Gasteiger partial charge on any atom is -0.454 e. The number of hydrazine groups is 1. The van der Waals surface area contributed by atoms with Gasteiger partial charge in [0.1, 0.15) is 0 Å². The normalized spacial score (nSPS) is 12.6. The molecule has 0 aliphatic carbocycles. The van der Waals surface area contributed by atoms with Crippen LogP contribution < -0.4 is 25.6 Å². The van der Waals surface area contributed by atoms with Crippen molar-refractivity contribution < 1.29 is 27.4 Å². The maximum Gasteiger partial charge on any atom is 0.416 e. The zero-order chi connectivity index (χ0) is 17.2. The van der Waals surface area contributed by atoms with E-state index in [1.165, 1.54) is 12.1 Å². The highest BCUT2D eigenvalue weighted by Gasteiger charge is 2.30. The second-order valence-electron chi connectivity index (χ2n) is 4.85. The highest BCUT2D eigenvalue weighted by Crippen LogP contribution is 2.34. The van der Waals surface area contributed by atoms with E-state index in [4.69, 9.17) is 9.47 Å². The van der Waals surface area contributed by atoms with Crippen molar-refractivity contribution in [3.8, 4) is 11.5 Å². The van der Waals surface area contributed by atoms with E-state index >= 15 is 0 Å². The average Bonchev–Trinajstić information content (AvgIpc) is 3.00. The zero-order valence-corrected chi connectivity index (χ0v) is 12.1. The van der Waals surface area contributed by atoms with Gasteiger partial charge >= 0.3 is 12.2 Å². The van der Waals surface area contributed by atoms with E-state index in [1.54, 1.807) is 18.2 Å². The van der Waals surface area contributed by atoms with Gasteiger partial charge in [0.25, 0.3) is 0 Å². The summed E-state index contributed by atoms with van der Waals surface area (Å²) in [4.78, 5) is 11.8. The first kappa shape index (κ1) is 15.8. The van der Waals surface area contributed by atoms with E-state index in [-0.39, 0.29) is 12.5 Å². The number of urea groups is 1. The summed E-state index contributed by atoms with van der Waals surface area (Å²) in [5.74, 6) is 1.07. The van der Waals surface area contributed by atoms with Gasteiger partial charge in [0, 0.05) is 11.8 Å². The molecular formula is C15H12F3N3O3. The minimum absolute atomic E-state index is 0.102. The van der Waals surface area contributed by atoms with Crippen molar-refractivity contribution in [2.75, 3.05) is 17.5 Å². The number of halogens is 3. The Hall–Kier alpha value is -3.10. The van der Waals surface area contributed by atoms with Gasteiger partial charge < -0.3 is 14.8 Å². The molecule has 0 spiro atoms. The molecule has 3 rings (SSSR count). The number of fused-ring (bicyclic) bond motifs is 1. The number of ether oxygens (including phenoxy) is 2. The van der Waals surface area contributed by atoms with Gasteiger partial charge in [-0.25, -0.2) is 4.79 Å². The van der Waals surface area contributed by atoms with Gasteiger partial charge in [-0.2, -0.15) is 13.2 Å². The standard InChI is InChI=1S/C15H12F3N3O3/c16-15(17,18)9-2-1-3-11(6-9)20-21-14(22)19-10-4-5-12-13(7-10)24-8-23-12/h1-7,20H,8H2,(H2,19,21,22). The number of carbonyl (C=O) groups excluding carboxylic acids is 1. The van der Waals surface area contributed by atoms with Crippen molar-refractivity contribution in [2.24, 2.45) is 0 Å². The van der Waals surface area contributed by atoms with Gasteiger partial charge in [0.2, 0.25) is 6.79 Å². The number of rotatable bonds is 3. The maximum absolute atomic E-state index is 12.6. The number of anilines is 2. The van der Waals surface area contributed by atoms with E-state index in [0.29, 0.717) is 17.2 Å². The summed E-state index contributed by atoms with van der Waals surface area (Å²) in [7, 11) is 0. The van der Waals surface area contributed by atoms with E-state index in [1.807, 2.05) is 0 Å². The summed E-state index contributed by atoms with van der Waals surface area (Å²) in [5, 5.41) is 2.52. The first-order valence-electron chi connectivity index (χ1n) is 6.82. The van der Waals surface area contributed by atoms with Crippen LogP contribution in [0.3, 0.4) is 0 Å². The van der Waals surface area contributed by atoms with Gasteiger partial charge in [-0.3, -0.25) is 10.9 Å². The van der Waals surface area contributed by atoms with Crippen LogP contribution in [-0.4, -0.2) is 12.8 Å². The van der Waals surface area contributed by atoms with Gasteiger partial charge in [-0.15, -0.1) is 0 Å². The molecule has 1 heterocycles. The van der Waals surface area contributed by atoms with Gasteiger partial charge in [0.15, 0.2) is 11.5 Å². The fourth-order valence-corrected chi connectivity index (χ4v) is 2.04. The van der Waals surface area contributed by atoms with Gasteiger partial charge in [-0.05, 0) is 30.3 Å². The molecule has 3 N–H and O–H groups in total. The number of amides is 2. The summed E-state index contributed by atoms with van der Waals surface area (Å²) < 4.78 is 48.2. The predicted octanol–water partition coefficient (Wildman–Crippen LogP) is 3.58. The van der Waals surface area contributed by atoms with Gasteiger partial charge in [0.05, 0.1) is 11.3 Å². The Morgan fingerprint density at radius 1 is 1.00 bits per heavy atom. The number of nitrogens with one attached hydrogen (secondary N) is 3. The smallest absolute Gasteiger partial charge is 0.416 e. The Balaban J connectivity index is 1.58. The fraction of sp³-hybridized carbons (Fsp3) is 0.133. The summed E-state index contributed by atoms with van der Waals surface area (Å²) in [6.45, 7) is 0.113. The fourth-order valence-electron chi connectivity index (χ4n) is 2.04. The molecule has 1 aliphatic rings. The second-order valence-corrected chi connectivity index (χ2v) is 4.85. The lowest BCUT2D eigenvalue weighted by Crippen LogP contribution is -2.33. The molecule has 0 saturated carbocycles. The number of carbonyl (C=O) groups is 1. The molecule has 0 bridgehead atoms. The van der Waals surface area contributed by atoms with E-state index in [0.717, 1.165) is 12.1 Å². The predicted molar refractivity (Wildman–Crippen MR) is 79.8 cm³/mol. The zero-order valence-electron chi connectivity index (χ0n) is 12.1. The Morgan fingerprint density at radius 2 is 1.79 bits per heavy atom. The van der Waals surface area contributed by atoms with Crippen LogP contribution in [0.1, 0.15) is 5.56 Å². The molecule has 0 atom stereocenters. The van der Waals surface area contributed by atoms with Crippen LogP contribution in [0.5, 0.6) is 11.5 Å². The van der Waals surface area contributed by atoms with Crippen molar-refractivity contribution in [1.82, 2.24) is 5.43 Å². The Morgan fingerprint density at radius 3 is 2.58 bits per heavy atom. The molecular weight excluding hydrogens is 327 g/mol. The lowest BCUT2D eigenvalue weighted by Gasteiger charge is -2.12. The highest BCUT2D eigenvalue weighted by molar-refractivity contribution is 5.90. The number of hydrogen-bond acceptors (Lipinski definition) is 4. The molecule has 2 aromatic carbocycles. The number of benzene rings is 2. The summed E-state index contributed by atoms with van der Waals surface area (Å²) in [6, 6.07) is 8.64. The average molecular weight is 339 g/mol. The molecule has 24 heavy (non-hydrogen) atoms. The number of alkyl halides is 3. The van der Waals surface area contributed by atoms with E-state index in [9.17, 15) is 18.0 Å². The molecule has 2 aromatic rings. The van der Waals surface area contributed by atoms with Crippen molar-refractivity contribution in [1.29, 1.82) is 0 Å². The molecule has 0 unspecified atom stereocenters. The third-order valence-electron chi connectivity index (χ3n) is 3.14. The molecule has 0 saturated heterocycles. The molecule has 0 aromatic heterocycles. The SMILES string of the molecule is O=C(NNc1cccc(C(F)(F)F)c1)Nc1ccc2c(c1)OCO2. The maximum atomic E-state index is 12.6. The molecule has 0 radical (unpaired) electrons. The topological polar surface area (TPSA) is 71.6 Å². The molecule has 2 amide bonds. The second kappa shape index (κ2) is 6.19. The Bertz CT molecular complexity index is 765. The van der Waals surface area contributed by atoms with Crippen molar-refractivity contribution in [2.45, 2.75) is 6.18 Å². The minimum atomic E-state index is -4.45. The van der Waals surface area contributed by atoms with E-state index in [2.05, 4.69) is 16.2 Å². The molecule has 6 nitrogen and oxygen atoms in total. The Labute approximate surface area is 134 Å². The monoisotopic (exact) mass is 339 g/mol. The van der Waals surface area contributed by atoms with Crippen LogP contribution in [0.15, 0.2) is 42.5 Å². The first-order valence-corrected chi connectivity index (χ1v) is 6.82. The molecule has 9 heteroatoms. The largest absolute Gasteiger partial charge is 0.454 e.